The van der Waals surface area contributed by atoms with Crippen molar-refractivity contribution in [3.63, 3.8) is 0 Å². The molecule has 132 valence electrons. The third-order valence-electron chi connectivity index (χ3n) is 3.80. The maximum atomic E-state index is 14.3. The van der Waals surface area contributed by atoms with E-state index in [1.807, 2.05) is 0 Å². The van der Waals surface area contributed by atoms with Gasteiger partial charge in [0.05, 0.1) is 18.0 Å². The van der Waals surface area contributed by atoms with Crippen LogP contribution in [-0.4, -0.2) is 17.8 Å². The molecule has 2 nitrogen and oxygen atoms in total. The van der Waals surface area contributed by atoms with Gasteiger partial charge in [0.2, 0.25) is 0 Å². The molecule has 0 atom stereocenters. The first-order valence-corrected chi connectivity index (χ1v) is 8.24. The molecule has 8 heteroatoms. The Labute approximate surface area is 144 Å². The van der Waals surface area contributed by atoms with E-state index in [9.17, 15) is 26.7 Å². The Balaban J connectivity index is 1.94. The summed E-state index contributed by atoms with van der Waals surface area (Å²) in [5.74, 6) is -2.99. The van der Waals surface area contributed by atoms with Crippen LogP contribution in [0.25, 0.3) is 0 Å². The molecule has 1 aliphatic rings. The Hall–Kier alpha value is -2.09. The summed E-state index contributed by atoms with van der Waals surface area (Å²) in [7, 11) is 0. The summed E-state index contributed by atoms with van der Waals surface area (Å²) < 4.78 is 65.0. The third kappa shape index (κ3) is 3.63. The van der Waals surface area contributed by atoms with Crippen LogP contribution in [0.15, 0.2) is 35.2 Å². The standard InChI is InChI=1S/C17H12F5NOS/c1-9-4-13(19)14(6-15(9)25-8-17(20,21)22)23-7-10-2-3-11(18)5-12(10)16(23)24/h2-6H,7-8H2,1H3. The number of halogens is 5. The van der Waals surface area contributed by atoms with E-state index >= 15 is 0 Å². The number of carbonyl (C=O) groups is 1. The SMILES string of the molecule is Cc1cc(F)c(N2Cc3ccc(F)cc3C2=O)cc1SCC(F)(F)F. The van der Waals surface area contributed by atoms with Crippen molar-refractivity contribution in [1.82, 2.24) is 0 Å². The Kier molecular flexibility index (Phi) is 4.49. The minimum Gasteiger partial charge on any atom is -0.301 e. The van der Waals surface area contributed by atoms with Crippen molar-refractivity contribution in [1.29, 1.82) is 0 Å². The number of benzene rings is 2. The van der Waals surface area contributed by atoms with E-state index in [1.165, 1.54) is 25.1 Å². The molecule has 0 spiro atoms. The first kappa shape index (κ1) is 17.7. The zero-order chi connectivity index (χ0) is 18.4. The molecular weight excluding hydrogens is 361 g/mol. The second-order valence-electron chi connectivity index (χ2n) is 5.67. The van der Waals surface area contributed by atoms with E-state index in [2.05, 4.69) is 0 Å². The lowest BCUT2D eigenvalue weighted by molar-refractivity contribution is -0.105. The van der Waals surface area contributed by atoms with Crippen molar-refractivity contribution in [3.05, 3.63) is 58.7 Å². The lowest BCUT2D eigenvalue weighted by atomic mass is 10.1. The first-order valence-electron chi connectivity index (χ1n) is 7.26. The highest BCUT2D eigenvalue weighted by atomic mass is 32.2. The van der Waals surface area contributed by atoms with Crippen LogP contribution >= 0.6 is 11.8 Å². The summed E-state index contributed by atoms with van der Waals surface area (Å²) in [4.78, 5) is 13.8. The van der Waals surface area contributed by atoms with E-state index in [0.717, 1.165) is 17.0 Å². The van der Waals surface area contributed by atoms with Gasteiger partial charge in [0.15, 0.2) is 0 Å². The van der Waals surface area contributed by atoms with Gasteiger partial charge in [-0.1, -0.05) is 6.07 Å². The van der Waals surface area contributed by atoms with Gasteiger partial charge < -0.3 is 4.90 Å². The maximum Gasteiger partial charge on any atom is 0.398 e. The summed E-state index contributed by atoms with van der Waals surface area (Å²) >= 11 is 0.534. The first-order chi connectivity index (χ1) is 11.7. The van der Waals surface area contributed by atoms with Gasteiger partial charge in [-0.15, -0.1) is 11.8 Å². The van der Waals surface area contributed by atoms with Crippen LogP contribution in [0.4, 0.5) is 27.6 Å². The molecule has 0 fully saturated rings. The predicted octanol–water partition coefficient (Wildman–Crippen LogP) is 5.09. The second-order valence-corrected chi connectivity index (χ2v) is 6.68. The maximum absolute atomic E-state index is 14.3. The zero-order valence-electron chi connectivity index (χ0n) is 13.0. The highest BCUT2D eigenvalue weighted by Crippen LogP contribution is 2.36. The van der Waals surface area contributed by atoms with Crippen LogP contribution in [0, 0.1) is 18.6 Å². The van der Waals surface area contributed by atoms with Crippen LogP contribution in [0.5, 0.6) is 0 Å². The summed E-state index contributed by atoms with van der Waals surface area (Å²) in [5, 5.41) is 0. The number of alkyl halides is 3. The molecule has 2 aromatic rings. The summed E-state index contributed by atoms with van der Waals surface area (Å²) in [6.07, 6.45) is -4.36. The Morgan fingerprint density at radius 1 is 1.16 bits per heavy atom. The Bertz CT molecular complexity index is 850. The number of hydrogen-bond donors (Lipinski definition) is 0. The van der Waals surface area contributed by atoms with Crippen LogP contribution in [0.2, 0.25) is 0 Å². The molecule has 1 aliphatic heterocycles. The van der Waals surface area contributed by atoms with Crippen molar-refractivity contribution in [2.45, 2.75) is 24.5 Å². The van der Waals surface area contributed by atoms with Crippen molar-refractivity contribution in [2.24, 2.45) is 0 Å². The van der Waals surface area contributed by atoms with Crippen molar-refractivity contribution in [3.8, 4) is 0 Å². The normalized spacial score (nSPS) is 14.2. The molecule has 1 heterocycles. The number of hydrogen-bond acceptors (Lipinski definition) is 2. The van der Waals surface area contributed by atoms with Gasteiger partial charge in [-0.3, -0.25) is 4.79 Å². The van der Waals surface area contributed by atoms with Crippen molar-refractivity contribution >= 4 is 23.4 Å². The van der Waals surface area contributed by atoms with Gasteiger partial charge >= 0.3 is 6.18 Å². The molecule has 0 N–H and O–H groups in total. The number of rotatable bonds is 3. The van der Waals surface area contributed by atoms with E-state index in [0.29, 0.717) is 22.9 Å². The number of amides is 1. The molecule has 25 heavy (non-hydrogen) atoms. The molecule has 0 saturated carbocycles. The molecule has 2 aromatic carbocycles. The molecule has 3 rings (SSSR count). The number of thioether (sulfide) groups is 1. The van der Waals surface area contributed by atoms with Gasteiger partial charge in [-0.2, -0.15) is 13.2 Å². The average molecular weight is 373 g/mol. The fourth-order valence-electron chi connectivity index (χ4n) is 2.63. The third-order valence-corrected chi connectivity index (χ3v) is 5.02. The van der Waals surface area contributed by atoms with Crippen molar-refractivity contribution < 1.29 is 26.7 Å². The Morgan fingerprint density at radius 3 is 2.56 bits per heavy atom. The minimum atomic E-state index is -4.36. The molecule has 0 unspecified atom stereocenters. The highest BCUT2D eigenvalue weighted by Gasteiger charge is 2.32. The predicted molar refractivity (Wildman–Crippen MR) is 84.8 cm³/mol. The molecule has 1 amide bonds. The van der Waals surface area contributed by atoms with Gasteiger partial charge in [0.25, 0.3) is 5.91 Å². The smallest absolute Gasteiger partial charge is 0.301 e. The highest BCUT2D eigenvalue weighted by molar-refractivity contribution is 7.99. The number of fused-ring (bicyclic) bond motifs is 1. The van der Waals surface area contributed by atoms with Gasteiger partial charge in [-0.25, -0.2) is 8.78 Å². The average Bonchev–Trinajstić information content (AvgIpc) is 2.82. The fourth-order valence-corrected chi connectivity index (χ4v) is 3.43. The Morgan fingerprint density at radius 2 is 1.88 bits per heavy atom. The lowest BCUT2D eigenvalue weighted by Crippen LogP contribution is -2.24. The van der Waals surface area contributed by atoms with E-state index in [-0.39, 0.29) is 22.7 Å². The molecule has 0 radical (unpaired) electrons. The molecule has 0 aromatic heterocycles. The zero-order valence-corrected chi connectivity index (χ0v) is 13.8. The van der Waals surface area contributed by atoms with Crippen LogP contribution in [0.1, 0.15) is 21.5 Å². The van der Waals surface area contributed by atoms with Gasteiger partial charge in [0, 0.05) is 10.5 Å². The van der Waals surface area contributed by atoms with E-state index in [1.54, 1.807) is 0 Å². The van der Waals surface area contributed by atoms with Crippen LogP contribution in [-0.2, 0) is 6.54 Å². The van der Waals surface area contributed by atoms with Gasteiger partial charge in [-0.05, 0) is 42.3 Å². The number of carbonyl (C=O) groups excluding carboxylic acids is 1. The topological polar surface area (TPSA) is 20.3 Å². The number of aryl methyl sites for hydroxylation is 1. The summed E-state index contributed by atoms with van der Waals surface area (Å²) in [6, 6.07) is 6.05. The monoisotopic (exact) mass is 373 g/mol. The quantitative estimate of drug-likeness (QED) is 0.552. The second kappa shape index (κ2) is 6.33. The van der Waals surface area contributed by atoms with Crippen LogP contribution < -0.4 is 4.90 Å². The van der Waals surface area contributed by atoms with Crippen molar-refractivity contribution in [2.75, 3.05) is 10.7 Å². The minimum absolute atomic E-state index is 0.0395. The summed E-state index contributed by atoms with van der Waals surface area (Å²) in [5.41, 5.74) is 0.905. The largest absolute Gasteiger partial charge is 0.398 e. The molecule has 0 aliphatic carbocycles. The molecule has 0 bridgehead atoms. The molecule has 0 saturated heterocycles. The van der Waals surface area contributed by atoms with E-state index in [4.69, 9.17) is 0 Å². The molecular formula is C17H12F5NOS. The van der Waals surface area contributed by atoms with E-state index < -0.39 is 29.5 Å². The fraction of sp³-hybridized carbons (Fsp3) is 0.235. The van der Waals surface area contributed by atoms with Crippen LogP contribution in [0.3, 0.4) is 0 Å². The van der Waals surface area contributed by atoms with Gasteiger partial charge in [0.1, 0.15) is 11.6 Å². The number of nitrogens with zero attached hydrogens (tertiary/aromatic N) is 1. The lowest BCUT2D eigenvalue weighted by Gasteiger charge is -2.19. The number of anilines is 1. The summed E-state index contributed by atoms with van der Waals surface area (Å²) in [6.45, 7) is 1.54.